The molecule has 0 atom stereocenters. The third-order valence-electron chi connectivity index (χ3n) is 1.63. The first-order valence-electron chi connectivity index (χ1n) is 3.56. The molecule has 2 rings (SSSR count). The molecule has 2 aromatic rings. The van der Waals surface area contributed by atoms with E-state index in [4.69, 9.17) is 5.26 Å². The second-order valence-electron chi connectivity index (χ2n) is 2.37. The van der Waals surface area contributed by atoms with Crippen LogP contribution in [0.4, 0.5) is 0 Å². The van der Waals surface area contributed by atoms with Crippen LogP contribution in [0.5, 0.6) is 0 Å². The van der Waals surface area contributed by atoms with Gasteiger partial charge >= 0.3 is 0 Å². The van der Waals surface area contributed by atoms with Crippen LogP contribution in [0.25, 0.3) is 5.78 Å². The van der Waals surface area contributed by atoms with Crippen molar-refractivity contribution in [1.82, 2.24) is 14.4 Å². The Balaban J connectivity index is 2.64. The summed E-state index contributed by atoms with van der Waals surface area (Å²) in [5, 5.41) is 8.49. The fourth-order valence-electron chi connectivity index (χ4n) is 1.09. The maximum Gasteiger partial charge on any atom is 0.233 e. The van der Waals surface area contributed by atoms with Crippen molar-refractivity contribution in [1.29, 1.82) is 5.26 Å². The Kier molecular flexibility index (Phi) is 1.49. The molecule has 4 nitrogen and oxygen atoms in total. The van der Waals surface area contributed by atoms with Crippen molar-refractivity contribution in [3.05, 3.63) is 30.4 Å². The molecule has 0 spiro atoms. The number of nitrogens with zero attached hydrogens (tertiary/aromatic N) is 4. The first-order chi connectivity index (χ1) is 5.92. The summed E-state index contributed by atoms with van der Waals surface area (Å²) < 4.78 is 1.81. The molecule has 2 aromatic heterocycles. The topological polar surface area (TPSA) is 54.0 Å². The molecule has 0 aromatic carbocycles. The van der Waals surface area contributed by atoms with Crippen molar-refractivity contribution in [3.63, 3.8) is 0 Å². The molecule has 0 aliphatic carbocycles. The van der Waals surface area contributed by atoms with Gasteiger partial charge in [-0.3, -0.25) is 4.40 Å². The van der Waals surface area contributed by atoms with Gasteiger partial charge in [0, 0.05) is 12.4 Å². The third kappa shape index (κ3) is 0.920. The number of fused-ring (bicyclic) bond motifs is 1. The number of imidazole rings is 1. The van der Waals surface area contributed by atoms with Crippen LogP contribution in [0.1, 0.15) is 5.69 Å². The SMILES string of the molecule is N#CCc1cnc2ncccn12. The van der Waals surface area contributed by atoms with E-state index in [2.05, 4.69) is 16.0 Å². The molecule has 0 saturated carbocycles. The zero-order valence-electron chi connectivity index (χ0n) is 6.31. The average molecular weight is 158 g/mol. The third-order valence-corrected chi connectivity index (χ3v) is 1.63. The molecule has 4 heteroatoms. The summed E-state index contributed by atoms with van der Waals surface area (Å²) in [5.74, 6) is 0.641. The summed E-state index contributed by atoms with van der Waals surface area (Å²) >= 11 is 0. The normalized spacial score (nSPS) is 9.92. The largest absolute Gasteiger partial charge is 0.287 e. The van der Waals surface area contributed by atoms with E-state index >= 15 is 0 Å². The van der Waals surface area contributed by atoms with E-state index < -0.39 is 0 Å². The number of hydrogen-bond acceptors (Lipinski definition) is 3. The maximum absolute atomic E-state index is 8.49. The van der Waals surface area contributed by atoms with Crippen LogP contribution in [0.3, 0.4) is 0 Å². The second kappa shape index (κ2) is 2.62. The van der Waals surface area contributed by atoms with Gasteiger partial charge in [0.15, 0.2) is 0 Å². The van der Waals surface area contributed by atoms with Crippen molar-refractivity contribution in [3.8, 4) is 6.07 Å². The minimum atomic E-state index is 0.368. The summed E-state index contributed by atoms with van der Waals surface area (Å²) in [4.78, 5) is 8.06. The van der Waals surface area contributed by atoms with Gasteiger partial charge in [-0.2, -0.15) is 5.26 Å². The van der Waals surface area contributed by atoms with Crippen molar-refractivity contribution < 1.29 is 0 Å². The lowest BCUT2D eigenvalue weighted by Crippen LogP contribution is -1.91. The Morgan fingerprint density at radius 2 is 2.42 bits per heavy atom. The van der Waals surface area contributed by atoms with E-state index in [9.17, 15) is 0 Å². The lowest BCUT2D eigenvalue weighted by molar-refractivity contribution is 1.02. The molecule has 12 heavy (non-hydrogen) atoms. The van der Waals surface area contributed by atoms with Gasteiger partial charge in [-0.05, 0) is 6.07 Å². The molecule has 0 unspecified atom stereocenters. The Morgan fingerprint density at radius 3 is 3.25 bits per heavy atom. The van der Waals surface area contributed by atoms with E-state index in [1.807, 2.05) is 16.7 Å². The van der Waals surface area contributed by atoms with Crippen LogP contribution in [-0.2, 0) is 6.42 Å². The van der Waals surface area contributed by atoms with E-state index in [1.165, 1.54) is 0 Å². The Hall–Kier alpha value is -1.89. The summed E-state index contributed by atoms with van der Waals surface area (Å²) in [5.41, 5.74) is 0.876. The molecule has 0 N–H and O–H groups in total. The van der Waals surface area contributed by atoms with Crippen molar-refractivity contribution in [2.75, 3.05) is 0 Å². The van der Waals surface area contributed by atoms with Gasteiger partial charge in [0.05, 0.1) is 24.4 Å². The highest BCUT2D eigenvalue weighted by Gasteiger charge is 2.00. The van der Waals surface area contributed by atoms with Crippen LogP contribution in [0.15, 0.2) is 24.7 Å². The summed E-state index contributed by atoms with van der Waals surface area (Å²) in [6.07, 6.45) is 5.57. The first-order valence-corrected chi connectivity index (χ1v) is 3.56. The minimum absolute atomic E-state index is 0.368. The molecule has 0 bridgehead atoms. The van der Waals surface area contributed by atoms with E-state index in [0.29, 0.717) is 12.2 Å². The van der Waals surface area contributed by atoms with Crippen molar-refractivity contribution in [2.45, 2.75) is 6.42 Å². The van der Waals surface area contributed by atoms with Crippen molar-refractivity contribution in [2.24, 2.45) is 0 Å². The smallest absolute Gasteiger partial charge is 0.233 e. The monoisotopic (exact) mass is 158 g/mol. The fraction of sp³-hybridized carbons (Fsp3) is 0.125. The molecule has 58 valence electrons. The molecule has 0 saturated heterocycles. The van der Waals surface area contributed by atoms with Gasteiger partial charge in [0.2, 0.25) is 5.78 Å². The predicted octanol–water partition coefficient (Wildman–Crippen LogP) is 0.795. The molecular formula is C8H6N4. The highest BCUT2D eigenvalue weighted by atomic mass is 15.1. The number of hydrogen-bond donors (Lipinski definition) is 0. The van der Waals surface area contributed by atoms with Gasteiger partial charge < -0.3 is 0 Å². The van der Waals surface area contributed by atoms with Crippen LogP contribution in [-0.4, -0.2) is 14.4 Å². The predicted molar refractivity (Wildman–Crippen MR) is 42.3 cm³/mol. The zero-order chi connectivity index (χ0) is 8.39. The lowest BCUT2D eigenvalue weighted by atomic mass is 10.4. The molecule has 0 amide bonds. The van der Waals surface area contributed by atoms with Crippen LogP contribution < -0.4 is 0 Å². The average Bonchev–Trinajstić information content (AvgIpc) is 2.50. The summed E-state index contributed by atoms with van der Waals surface area (Å²) in [6, 6.07) is 3.89. The van der Waals surface area contributed by atoms with Crippen LogP contribution in [0, 0.1) is 11.3 Å². The van der Waals surface area contributed by atoms with E-state index in [0.717, 1.165) is 5.69 Å². The minimum Gasteiger partial charge on any atom is -0.287 e. The molecule has 0 aliphatic heterocycles. The molecule has 2 heterocycles. The number of nitriles is 1. The molecule has 0 aliphatic rings. The first kappa shape index (κ1) is 6.80. The quantitative estimate of drug-likeness (QED) is 0.616. The molecule has 0 radical (unpaired) electrons. The highest BCUT2D eigenvalue weighted by Crippen LogP contribution is 2.02. The van der Waals surface area contributed by atoms with E-state index in [1.54, 1.807) is 12.4 Å². The fourth-order valence-corrected chi connectivity index (χ4v) is 1.09. The second-order valence-corrected chi connectivity index (χ2v) is 2.37. The Labute approximate surface area is 69.1 Å². The zero-order valence-corrected chi connectivity index (χ0v) is 6.31. The number of rotatable bonds is 1. The lowest BCUT2D eigenvalue weighted by Gasteiger charge is -1.93. The van der Waals surface area contributed by atoms with Gasteiger partial charge in [-0.15, -0.1) is 0 Å². The highest BCUT2D eigenvalue weighted by molar-refractivity contribution is 5.31. The van der Waals surface area contributed by atoms with Gasteiger partial charge in [0.25, 0.3) is 0 Å². The van der Waals surface area contributed by atoms with Crippen LogP contribution in [0.2, 0.25) is 0 Å². The summed E-state index contributed by atoms with van der Waals surface area (Å²) in [7, 11) is 0. The van der Waals surface area contributed by atoms with Gasteiger partial charge in [-0.25, -0.2) is 9.97 Å². The molecule has 0 fully saturated rings. The van der Waals surface area contributed by atoms with Gasteiger partial charge in [0.1, 0.15) is 0 Å². The summed E-state index contributed by atoms with van der Waals surface area (Å²) in [6.45, 7) is 0. The number of aromatic nitrogens is 3. The molecular weight excluding hydrogens is 152 g/mol. The van der Waals surface area contributed by atoms with Crippen LogP contribution >= 0.6 is 0 Å². The Morgan fingerprint density at radius 1 is 1.50 bits per heavy atom. The Bertz CT molecular complexity index is 437. The van der Waals surface area contributed by atoms with Crippen molar-refractivity contribution >= 4 is 5.78 Å². The van der Waals surface area contributed by atoms with E-state index in [-0.39, 0.29) is 0 Å². The van der Waals surface area contributed by atoms with Gasteiger partial charge in [-0.1, -0.05) is 0 Å². The maximum atomic E-state index is 8.49. The standard InChI is InChI=1S/C8H6N4/c9-3-2-7-6-11-8-10-4-1-5-12(7)8/h1,4-6H,2H2.